The third-order valence-corrected chi connectivity index (χ3v) is 5.90. The van der Waals surface area contributed by atoms with Gasteiger partial charge in [-0.3, -0.25) is 0 Å². The topological polar surface area (TPSA) is 30.9 Å². The molecule has 0 bridgehead atoms. The van der Waals surface area contributed by atoms with Crippen LogP contribution in [-0.4, -0.2) is 45.4 Å². The Morgan fingerprint density at radius 3 is 2.28 bits per heavy atom. The third kappa shape index (κ3) is 4.88. The van der Waals surface area contributed by atoms with Gasteiger partial charge in [-0.1, -0.05) is 44.2 Å². The fraction of sp³-hybridized carbons (Fsp3) is 0.500. The van der Waals surface area contributed by atoms with E-state index in [0.29, 0.717) is 6.61 Å². The zero-order valence-electron chi connectivity index (χ0n) is 18.1. The van der Waals surface area contributed by atoms with Gasteiger partial charge < -0.3 is 19.1 Å². The van der Waals surface area contributed by atoms with Crippen LogP contribution >= 0.6 is 12.4 Å². The van der Waals surface area contributed by atoms with Gasteiger partial charge in [0, 0.05) is 0 Å². The van der Waals surface area contributed by atoms with Crippen molar-refractivity contribution in [2.24, 2.45) is 0 Å². The number of rotatable bonds is 9. The number of ether oxygens (including phenoxy) is 3. The Balaban J connectivity index is 0.00000300. The Morgan fingerprint density at radius 1 is 1.00 bits per heavy atom. The molecular formula is C24H34ClNO3. The van der Waals surface area contributed by atoms with Crippen molar-refractivity contribution in [2.75, 3.05) is 40.5 Å². The van der Waals surface area contributed by atoms with Crippen LogP contribution in [0.4, 0.5) is 0 Å². The van der Waals surface area contributed by atoms with E-state index in [1.54, 1.807) is 14.2 Å². The molecule has 2 aromatic carbocycles. The maximum Gasteiger partial charge on any atom is 0.161 e. The molecule has 1 unspecified atom stereocenters. The summed E-state index contributed by atoms with van der Waals surface area (Å²) in [4.78, 5) is 2.47. The minimum Gasteiger partial charge on any atom is -0.493 e. The average Bonchev–Trinajstić information content (AvgIpc) is 2.76. The quantitative estimate of drug-likeness (QED) is 0.568. The van der Waals surface area contributed by atoms with Gasteiger partial charge in [-0.05, 0) is 67.7 Å². The number of hydrogen-bond acceptors (Lipinski definition) is 4. The normalized spacial score (nSPS) is 18.1. The number of fused-ring (bicyclic) bond motifs is 1. The lowest BCUT2D eigenvalue weighted by molar-refractivity contribution is -0.0373. The van der Waals surface area contributed by atoms with E-state index in [4.69, 9.17) is 14.2 Å². The molecule has 0 aromatic heterocycles. The summed E-state index contributed by atoms with van der Waals surface area (Å²) >= 11 is 0. The number of nitrogens with zero attached hydrogens (tertiary/aromatic N) is 1. The Kier molecular flexibility index (Phi) is 8.81. The summed E-state index contributed by atoms with van der Waals surface area (Å²) in [6.45, 7) is 8.39. The molecule has 160 valence electrons. The molecular weight excluding hydrogens is 386 g/mol. The SMILES string of the molecule is CCN(CC)CCCC1(c2ccccc2)OCCc2cc(OC)c(OC)cc21.Cl. The molecule has 1 heterocycles. The summed E-state index contributed by atoms with van der Waals surface area (Å²) in [7, 11) is 3.39. The van der Waals surface area contributed by atoms with E-state index < -0.39 is 5.60 Å². The average molecular weight is 420 g/mol. The Morgan fingerprint density at radius 2 is 1.66 bits per heavy atom. The summed E-state index contributed by atoms with van der Waals surface area (Å²) in [6.07, 6.45) is 2.90. The molecule has 1 atom stereocenters. The fourth-order valence-corrected chi connectivity index (χ4v) is 4.31. The van der Waals surface area contributed by atoms with E-state index in [9.17, 15) is 0 Å². The number of methoxy groups -OCH3 is 2. The van der Waals surface area contributed by atoms with Crippen LogP contribution in [0, 0.1) is 0 Å². The van der Waals surface area contributed by atoms with Gasteiger partial charge in [0.05, 0.1) is 20.8 Å². The number of hydrogen-bond donors (Lipinski definition) is 0. The van der Waals surface area contributed by atoms with E-state index in [1.165, 1.54) is 16.7 Å². The molecule has 5 heteroatoms. The molecule has 2 aromatic rings. The van der Waals surface area contributed by atoms with Crippen molar-refractivity contribution in [3.05, 3.63) is 59.2 Å². The Labute approximate surface area is 181 Å². The Bertz CT molecular complexity index is 764. The van der Waals surface area contributed by atoms with E-state index in [-0.39, 0.29) is 12.4 Å². The van der Waals surface area contributed by atoms with Gasteiger partial charge in [-0.25, -0.2) is 0 Å². The maximum atomic E-state index is 6.59. The van der Waals surface area contributed by atoms with Crippen LogP contribution in [0.3, 0.4) is 0 Å². The van der Waals surface area contributed by atoms with Gasteiger partial charge in [0.2, 0.25) is 0 Å². The van der Waals surface area contributed by atoms with Crippen LogP contribution in [0.5, 0.6) is 11.5 Å². The standard InChI is InChI=1S/C24H33NO3.ClH/c1-5-25(6-2)15-10-14-24(20-11-8-7-9-12-20)21-18-23(27-4)22(26-3)17-19(21)13-16-28-24;/h7-9,11-12,17-18H,5-6,10,13-16H2,1-4H3;1H. The highest BCUT2D eigenvalue weighted by molar-refractivity contribution is 5.85. The number of benzene rings is 2. The van der Waals surface area contributed by atoms with Gasteiger partial charge in [0.15, 0.2) is 11.5 Å². The lowest BCUT2D eigenvalue weighted by atomic mass is 9.77. The van der Waals surface area contributed by atoms with E-state index >= 15 is 0 Å². The maximum absolute atomic E-state index is 6.59. The lowest BCUT2D eigenvalue weighted by Crippen LogP contribution is -2.38. The van der Waals surface area contributed by atoms with Crippen LogP contribution in [0.2, 0.25) is 0 Å². The van der Waals surface area contributed by atoms with Crippen LogP contribution < -0.4 is 9.47 Å². The molecule has 0 saturated carbocycles. The van der Waals surface area contributed by atoms with Crippen LogP contribution in [0.1, 0.15) is 43.4 Å². The van der Waals surface area contributed by atoms with E-state index in [2.05, 4.69) is 61.2 Å². The lowest BCUT2D eigenvalue weighted by Gasteiger charge is -2.40. The smallest absolute Gasteiger partial charge is 0.161 e. The molecule has 3 rings (SSSR count). The molecule has 1 aliphatic heterocycles. The predicted molar refractivity (Wildman–Crippen MR) is 121 cm³/mol. The molecule has 4 nitrogen and oxygen atoms in total. The molecule has 0 aliphatic carbocycles. The van der Waals surface area contributed by atoms with Crippen molar-refractivity contribution < 1.29 is 14.2 Å². The second kappa shape index (κ2) is 10.9. The van der Waals surface area contributed by atoms with Crippen LogP contribution in [0.15, 0.2) is 42.5 Å². The molecule has 0 radical (unpaired) electrons. The molecule has 29 heavy (non-hydrogen) atoms. The van der Waals surface area contributed by atoms with E-state index in [0.717, 1.165) is 50.4 Å². The first-order valence-electron chi connectivity index (χ1n) is 10.4. The van der Waals surface area contributed by atoms with Gasteiger partial charge in [0.25, 0.3) is 0 Å². The van der Waals surface area contributed by atoms with Crippen LogP contribution in [-0.2, 0) is 16.8 Å². The number of halogens is 1. The van der Waals surface area contributed by atoms with Crippen molar-refractivity contribution in [1.29, 1.82) is 0 Å². The largest absolute Gasteiger partial charge is 0.493 e. The first-order valence-corrected chi connectivity index (χ1v) is 10.4. The summed E-state index contributed by atoms with van der Waals surface area (Å²) in [5.74, 6) is 1.55. The monoisotopic (exact) mass is 419 g/mol. The van der Waals surface area contributed by atoms with Gasteiger partial charge in [0.1, 0.15) is 5.60 Å². The molecule has 0 N–H and O–H groups in total. The highest BCUT2D eigenvalue weighted by Crippen LogP contribution is 2.46. The third-order valence-electron chi connectivity index (χ3n) is 5.90. The van der Waals surface area contributed by atoms with Crippen molar-refractivity contribution in [3.63, 3.8) is 0 Å². The first kappa shape index (κ1) is 23.5. The van der Waals surface area contributed by atoms with Crippen LogP contribution in [0.25, 0.3) is 0 Å². The molecule has 0 amide bonds. The zero-order chi connectivity index (χ0) is 20.0. The minimum atomic E-state index is -0.443. The summed E-state index contributed by atoms with van der Waals surface area (Å²) < 4.78 is 17.8. The van der Waals surface area contributed by atoms with Crippen molar-refractivity contribution in [3.8, 4) is 11.5 Å². The van der Waals surface area contributed by atoms with Crippen molar-refractivity contribution in [2.45, 2.75) is 38.7 Å². The minimum absolute atomic E-state index is 0. The summed E-state index contributed by atoms with van der Waals surface area (Å²) in [5.41, 5.74) is 3.27. The second-order valence-corrected chi connectivity index (χ2v) is 7.29. The van der Waals surface area contributed by atoms with E-state index in [1.807, 2.05) is 0 Å². The zero-order valence-corrected chi connectivity index (χ0v) is 18.9. The van der Waals surface area contributed by atoms with Gasteiger partial charge in [-0.2, -0.15) is 0 Å². The summed E-state index contributed by atoms with van der Waals surface area (Å²) in [6, 6.07) is 14.9. The highest BCUT2D eigenvalue weighted by Gasteiger charge is 2.40. The fourth-order valence-electron chi connectivity index (χ4n) is 4.31. The second-order valence-electron chi connectivity index (χ2n) is 7.29. The van der Waals surface area contributed by atoms with Crippen molar-refractivity contribution >= 4 is 12.4 Å². The summed E-state index contributed by atoms with van der Waals surface area (Å²) in [5, 5.41) is 0. The molecule has 0 spiro atoms. The molecule has 1 aliphatic rings. The predicted octanol–water partition coefficient (Wildman–Crippen LogP) is 5.06. The highest BCUT2D eigenvalue weighted by atomic mass is 35.5. The van der Waals surface area contributed by atoms with Gasteiger partial charge >= 0.3 is 0 Å². The van der Waals surface area contributed by atoms with Gasteiger partial charge in [-0.15, -0.1) is 12.4 Å². The Hall–Kier alpha value is -1.75. The first-order chi connectivity index (χ1) is 13.7. The van der Waals surface area contributed by atoms with Crippen molar-refractivity contribution in [1.82, 2.24) is 4.90 Å². The molecule has 0 fully saturated rings. The molecule has 0 saturated heterocycles.